The zero-order valence-corrected chi connectivity index (χ0v) is 11.2. The zero-order valence-electron chi connectivity index (χ0n) is 11.2. The summed E-state index contributed by atoms with van der Waals surface area (Å²) in [4.78, 5) is 11.7. The number of aliphatic hydroxyl groups is 1. The summed E-state index contributed by atoms with van der Waals surface area (Å²) in [5.74, 6) is 0.620. The number of methoxy groups -OCH3 is 1. The highest BCUT2D eigenvalue weighted by molar-refractivity contribution is 5.69. The van der Waals surface area contributed by atoms with Crippen LogP contribution >= 0.6 is 0 Å². The van der Waals surface area contributed by atoms with Crippen LogP contribution in [0.25, 0.3) is 0 Å². The van der Waals surface area contributed by atoms with E-state index in [4.69, 9.17) is 9.47 Å². The van der Waals surface area contributed by atoms with Crippen LogP contribution in [0.15, 0.2) is 24.3 Å². The van der Waals surface area contributed by atoms with Gasteiger partial charge >= 0.3 is 5.97 Å². The molecule has 0 aromatic heterocycles. The highest BCUT2D eigenvalue weighted by Gasteiger charge is 2.27. The molecular formula is C15H20O4. The second-order valence-corrected chi connectivity index (χ2v) is 4.97. The normalized spacial score (nSPS) is 22.2. The molecule has 4 nitrogen and oxygen atoms in total. The fourth-order valence-electron chi connectivity index (χ4n) is 2.41. The van der Waals surface area contributed by atoms with Crippen LogP contribution in [0.3, 0.4) is 0 Å². The van der Waals surface area contributed by atoms with Crippen molar-refractivity contribution in [2.75, 3.05) is 7.11 Å². The minimum atomic E-state index is -0.339. The first-order valence-corrected chi connectivity index (χ1v) is 6.65. The van der Waals surface area contributed by atoms with E-state index in [2.05, 4.69) is 0 Å². The van der Waals surface area contributed by atoms with Gasteiger partial charge in [0.1, 0.15) is 12.4 Å². The van der Waals surface area contributed by atoms with Gasteiger partial charge in [0.15, 0.2) is 0 Å². The Hall–Kier alpha value is -1.55. The van der Waals surface area contributed by atoms with Gasteiger partial charge in [0.25, 0.3) is 0 Å². The molecule has 0 bridgehead atoms. The van der Waals surface area contributed by atoms with Gasteiger partial charge in [-0.25, -0.2) is 0 Å². The fraction of sp³-hybridized carbons (Fsp3) is 0.533. The summed E-state index contributed by atoms with van der Waals surface area (Å²) in [5.41, 5.74) is 0.932. The van der Waals surface area contributed by atoms with E-state index >= 15 is 0 Å². The first-order chi connectivity index (χ1) is 9.19. The SMILES string of the molecule is COc1ccc(COC(=O)CC2CCCC2O)cc1. The summed E-state index contributed by atoms with van der Waals surface area (Å²) < 4.78 is 10.3. The first kappa shape index (κ1) is 13.9. The second kappa shape index (κ2) is 6.57. The number of benzene rings is 1. The Morgan fingerprint density at radius 3 is 2.63 bits per heavy atom. The van der Waals surface area contributed by atoms with Gasteiger partial charge in [-0.15, -0.1) is 0 Å². The van der Waals surface area contributed by atoms with Gasteiger partial charge in [0, 0.05) is 0 Å². The maximum atomic E-state index is 11.7. The molecular weight excluding hydrogens is 244 g/mol. The van der Waals surface area contributed by atoms with E-state index in [9.17, 15) is 9.90 Å². The molecule has 19 heavy (non-hydrogen) atoms. The van der Waals surface area contributed by atoms with Crippen LogP contribution in [0.2, 0.25) is 0 Å². The molecule has 2 unspecified atom stereocenters. The lowest BCUT2D eigenvalue weighted by molar-refractivity contribution is -0.146. The van der Waals surface area contributed by atoms with E-state index in [1.165, 1.54) is 0 Å². The molecule has 1 saturated carbocycles. The van der Waals surface area contributed by atoms with Crippen molar-refractivity contribution < 1.29 is 19.4 Å². The topological polar surface area (TPSA) is 55.8 Å². The molecule has 1 aromatic rings. The lowest BCUT2D eigenvalue weighted by atomic mass is 10.0. The number of ether oxygens (including phenoxy) is 2. The van der Waals surface area contributed by atoms with Crippen molar-refractivity contribution in [1.82, 2.24) is 0 Å². The van der Waals surface area contributed by atoms with Crippen molar-refractivity contribution in [3.63, 3.8) is 0 Å². The van der Waals surface area contributed by atoms with Crippen molar-refractivity contribution in [3.8, 4) is 5.75 Å². The molecule has 1 aliphatic carbocycles. The minimum absolute atomic E-state index is 0.0726. The monoisotopic (exact) mass is 264 g/mol. The van der Waals surface area contributed by atoms with Crippen LogP contribution < -0.4 is 4.74 Å². The number of rotatable bonds is 5. The minimum Gasteiger partial charge on any atom is -0.497 e. The Morgan fingerprint density at radius 2 is 2.05 bits per heavy atom. The van der Waals surface area contributed by atoms with Gasteiger partial charge in [0.2, 0.25) is 0 Å². The second-order valence-electron chi connectivity index (χ2n) is 4.97. The molecule has 104 valence electrons. The number of hydrogen-bond donors (Lipinski definition) is 1. The van der Waals surface area contributed by atoms with Gasteiger partial charge in [-0.3, -0.25) is 4.79 Å². The summed E-state index contributed by atoms with van der Waals surface area (Å²) in [6.45, 7) is 0.269. The zero-order chi connectivity index (χ0) is 13.7. The Kier molecular flexibility index (Phi) is 4.80. The van der Waals surface area contributed by atoms with Crippen molar-refractivity contribution in [1.29, 1.82) is 0 Å². The lowest BCUT2D eigenvalue weighted by Gasteiger charge is -2.13. The maximum absolute atomic E-state index is 11.7. The Balaban J connectivity index is 1.76. The summed E-state index contributed by atoms with van der Waals surface area (Å²) in [5, 5.41) is 9.66. The van der Waals surface area contributed by atoms with E-state index in [-0.39, 0.29) is 24.6 Å². The molecule has 0 saturated heterocycles. The summed E-state index contributed by atoms with van der Waals surface area (Å²) >= 11 is 0. The fourth-order valence-corrected chi connectivity index (χ4v) is 2.41. The lowest BCUT2D eigenvalue weighted by Crippen LogP contribution is -2.18. The van der Waals surface area contributed by atoms with E-state index in [0.717, 1.165) is 30.6 Å². The van der Waals surface area contributed by atoms with Crippen molar-refractivity contribution in [2.24, 2.45) is 5.92 Å². The van der Waals surface area contributed by atoms with Gasteiger partial charge in [0.05, 0.1) is 19.6 Å². The van der Waals surface area contributed by atoms with Gasteiger partial charge in [-0.2, -0.15) is 0 Å². The smallest absolute Gasteiger partial charge is 0.306 e. The number of hydrogen-bond acceptors (Lipinski definition) is 4. The molecule has 2 atom stereocenters. The molecule has 0 spiro atoms. The van der Waals surface area contributed by atoms with Crippen LogP contribution in [0.5, 0.6) is 5.75 Å². The van der Waals surface area contributed by atoms with Crippen LogP contribution in [0.4, 0.5) is 0 Å². The number of aliphatic hydroxyl groups excluding tert-OH is 1. The molecule has 1 aromatic carbocycles. The van der Waals surface area contributed by atoms with Crippen LogP contribution in [-0.2, 0) is 16.1 Å². The van der Waals surface area contributed by atoms with Crippen LogP contribution in [0.1, 0.15) is 31.2 Å². The number of carbonyl (C=O) groups excluding carboxylic acids is 1. The van der Waals surface area contributed by atoms with E-state index in [1.54, 1.807) is 7.11 Å². The first-order valence-electron chi connectivity index (χ1n) is 6.65. The summed E-state index contributed by atoms with van der Waals surface area (Å²) in [6.07, 6.45) is 2.69. The van der Waals surface area contributed by atoms with Crippen molar-refractivity contribution in [3.05, 3.63) is 29.8 Å². The molecule has 2 rings (SSSR count). The number of carbonyl (C=O) groups is 1. The van der Waals surface area contributed by atoms with E-state index < -0.39 is 0 Å². The molecule has 4 heteroatoms. The van der Waals surface area contributed by atoms with Gasteiger partial charge in [-0.05, 0) is 36.5 Å². The predicted octanol–water partition coefficient (Wildman–Crippen LogP) is 2.29. The Morgan fingerprint density at radius 1 is 1.32 bits per heavy atom. The highest BCUT2D eigenvalue weighted by Crippen LogP contribution is 2.28. The molecule has 0 amide bonds. The molecule has 1 aliphatic rings. The van der Waals surface area contributed by atoms with Crippen LogP contribution in [-0.4, -0.2) is 24.3 Å². The van der Waals surface area contributed by atoms with Gasteiger partial charge < -0.3 is 14.6 Å². The largest absolute Gasteiger partial charge is 0.497 e. The third-order valence-corrected chi connectivity index (χ3v) is 3.61. The van der Waals surface area contributed by atoms with Crippen LogP contribution in [0, 0.1) is 5.92 Å². The summed E-state index contributed by atoms with van der Waals surface area (Å²) in [7, 11) is 1.61. The predicted molar refractivity (Wildman–Crippen MR) is 70.8 cm³/mol. The third-order valence-electron chi connectivity index (χ3n) is 3.61. The summed E-state index contributed by atoms with van der Waals surface area (Å²) in [6, 6.07) is 7.42. The molecule has 1 N–H and O–H groups in total. The average Bonchev–Trinajstić information content (AvgIpc) is 2.82. The van der Waals surface area contributed by atoms with E-state index in [0.29, 0.717) is 6.42 Å². The molecule has 1 fully saturated rings. The third kappa shape index (κ3) is 3.96. The Labute approximate surface area is 113 Å². The van der Waals surface area contributed by atoms with E-state index in [1.807, 2.05) is 24.3 Å². The molecule has 0 heterocycles. The highest BCUT2D eigenvalue weighted by atomic mass is 16.5. The van der Waals surface area contributed by atoms with Crippen molar-refractivity contribution in [2.45, 2.75) is 38.4 Å². The maximum Gasteiger partial charge on any atom is 0.306 e. The van der Waals surface area contributed by atoms with Crippen molar-refractivity contribution >= 4 is 5.97 Å². The standard InChI is InChI=1S/C15H20O4/c1-18-13-7-5-11(6-8-13)10-19-15(17)9-12-3-2-4-14(12)16/h5-8,12,14,16H,2-4,9-10H2,1H3. The number of esters is 1. The Bertz CT molecular complexity index is 413. The van der Waals surface area contributed by atoms with Gasteiger partial charge in [-0.1, -0.05) is 18.6 Å². The quantitative estimate of drug-likeness (QED) is 0.829. The molecule has 0 aliphatic heterocycles. The average molecular weight is 264 g/mol. The molecule has 0 radical (unpaired) electrons.